The van der Waals surface area contributed by atoms with Crippen LogP contribution in [0.25, 0.3) is 11.0 Å². The first kappa shape index (κ1) is 15.6. The molecule has 2 aromatic rings. The highest BCUT2D eigenvalue weighted by Gasteiger charge is 2.23. The highest BCUT2D eigenvalue weighted by Crippen LogP contribution is 2.31. The molecule has 0 amide bonds. The largest absolute Gasteiger partial charge is 0.469 e. The SMILES string of the molecule is COC(=O)CCc1nc2cc(N3CC[C@@H](O)C3)c(N)cc2n1C. The van der Waals surface area contributed by atoms with E-state index in [1.54, 1.807) is 0 Å². The van der Waals surface area contributed by atoms with E-state index < -0.39 is 0 Å². The van der Waals surface area contributed by atoms with Crippen molar-refractivity contribution < 1.29 is 14.6 Å². The van der Waals surface area contributed by atoms with E-state index in [4.69, 9.17) is 5.73 Å². The van der Waals surface area contributed by atoms with Gasteiger partial charge in [0.05, 0.1) is 42.0 Å². The molecular formula is C16H22N4O3. The fourth-order valence-corrected chi connectivity index (χ4v) is 3.07. The first-order chi connectivity index (χ1) is 11.0. The third-order valence-corrected chi connectivity index (χ3v) is 4.41. The van der Waals surface area contributed by atoms with E-state index >= 15 is 0 Å². The molecule has 1 fully saturated rings. The molecule has 2 heterocycles. The van der Waals surface area contributed by atoms with Gasteiger partial charge in [-0.25, -0.2) is 4.98 Å². The van der Waals surface area contributed by atoms with Crippen LogP contribution in [0, 0.1) is 0 Å². The quantitative estimate of drug-likeness (QED) is 0.641. The first-order valence-electron chi connectivity index (χ1n) is 7.74. The predicted octanol–water partition coefficient (Wildman–Crippen LogP) is 0.832. The van der Waals surface area contributed by atoms with Crippen molar-refractivity contribution in [2.75, 3.05) is 30.8 Å². The van der Waals surface area contributed by atoms with Gasteiger partial charge in [0.2, 0.25) is 0 Å². The maximum atomic E-state index is 11.3. The number of benzene rings is 1. The smallest absolute Gasteiger partial charge is 0.305 e. The summed E-state index contributed by atoms with van der Waals surface area (Å²) in [6.07, 6.45) is 1.28. The number of aromatic nitrogens is 2. The van der Waals surface area contributed by atoms with Crippen molar-refractivity contribution in [1.82, 2.24) is 9.55 Å². The molecule has 0 unspecified atom stereocenters. The van der Waals surface area contributed by atoms with Gasteiger partial charge in [-0.1, -0.05) is 0 Å². The molecule has 1 aliphatic heterocycles. The number of β-amino-alcohol motifs (C(OH)–C–C–N with tert-alkyl or cyclic N) is 1. The number of nitrogen functional groups attached to an aromatic ring is 1. The van der Waals surface area contributed by atoms with Crippen LogP contribution in [0.3, 0.4) is 0 Å². The number of fused-ring (bicyclic) bond motifs is 1. The molecule has 1 aromatic heterocycles. The number of methoxy groups -OCH3 is 1. The lowest BCUT2D eigenvalue weighted by Gasteiger charge is -2.19. The third-order valence-electron chi connectivity index (χ3n) is 4.41. The van der Waals surface area contributed by atoms with Crippen LogP contribution in [-0.2, 0) is 23.0 Å². The number of imidazole rings is 1. The number of anilines is 2. The highest BCUT2D eigenvalue weighted by atomic mass is 16.5. The summed E-state index contributed by atoms with van der Waals surface area (Å²) in [6, 6.07) is 3.87. The highest BCUT2D eigenvalue weighted by molar-refractivity contribution is 5.88. The summed E-state index contributed by atoms with van der Waals surface area (Å²) in [5.41, 5.74) is 9.56. The van der Waals surface area contributed by atoms with E-state index in [-0.39, 0.29) is 12.1 Å². The molecule has 124 valence electrons. The van der Waals surface area contributed by atoms with E-state index in [0.29, 0.717) is 25.1 Å². The molecule has 0 bridgehead atoms. The lowest BCUT2D eigenvalue weighted by molar-refractivity contribution is -0.140. The Morgan fingerprint density at radius 1 is 1.52 bits per heavy atom. The van der Waals surface area contributed by atoms with Gasteiger partial charge in [0.25, 0.3) is 0 Å². The average Bonchev–Trinajstić information content (AvgIpc) is 3.09. The fourth-order valence-electron chi connectivity index (χ4n) is 3.07. The molecule has 3 rings (SSSR count). The molecule has 3 N–H and O–H groups in total. The summed E-state index contributed by atoms with van der Waals surface area (Å²) in [7, 11) is 3.30. The topological polar surface area (TPSA) is 93.6 Å². The van der Waals surface area contributed by atoms with Crippen molar-refractivity contribution in [3.63, 3.8) is 0 Å². The molecule has 0 radical (unpaired) electrons. The molecule has 0 spiro atoms. The summed E-state index contributed by atoms with van der Waals surface area (Å²) >= 11 is 0. The summed E-state index contributed by atoms with van der Waals surface area (Å²) < 4.78 is 6.63. The zero-order valence-electron chi connectivity index (χ0n) is 13.5. The standard InChI is InChI=1S/C16H22N4O3/c1-19-14-7-11(17)13(20-6-5-10(21)9-20)8-12(14)18-15(19)3-4-16(22)23-2/h7-8,10,21H,3-6,9,17H2,1-2H3/t10-/m1/s1. The summed E-state index contributed by atoms with van der Waals surface area (Å²) in [5.74, 6) is 0.576. The fraction of sp³-hybridized carbons (Fsp3) is 0.500. The summed E-state index contributed by atoms with van der Waals surface area (Å²) in [6.45, 7) is 1.39. The average molecular weight is 318 g/mol. The van der Waals surface area contributed by atoms with Crippen LogP contribution in [0.4, 0.5) is 11.4 Å². The van der Waals surface area contributed by atoms with Gasteiger partial charge in [0.1, 0.15) is 5.82 Å². The Bertz CT molecular complexity index is 740. The van der Waals surface area contributed by atoms with Gasteiger partial charge >= 0.3 is 5.97 Å². The second kappa shape index (κ2) is 6.08. The molecule has 0 aliphatic carbocycles. The monoisotopic (exact) mass is 318 g/mol. The maximum absolute atomic E-state index is 11.3. The van der Waals surface area contributed by atoms with Gasteiger partial charge in [0, 0.05) is 26.6 Å². The van der Waals surface area contributed by atoms with Crippen LogP contribution in [-0.4, -0.2) is 46.9 Å². The number of rotatable bonds is 4. The number of carbonyl (C=O) groups excluding carboxylic acids is 1. The van der Waals surface area contributed by atoms with Crippen LogP contribution in [0.5, 0.6) is 0 Å². The van der Waals surface area contributed by atoms with E-state index in [1.165, 1.54) is 7.11 Å². The Kier molecular flexibility index (Phi) is 4.12. The zero-order chi connectivity index (χ0) is 16.6. The van der Waals surface area contributed by atoms with Crippen molar-refractivity contribution in [3.05, 3.63) is 18.0 Å². The Labute approximate surface area is 134 Å². The summed E-state index contributed by atoms with van der Waals surface area (Å²) in [5, 5.41) is 9.71. The van der Waals surface area contributed by atoms with Crippen LogP contribution >= 0.6 is 0 Å². The number of nitrogens with zero attached hydrogens (tertiary/aromatic N) is 3. The number of hydrogen-bond acceptors (Lipinski definition) is 6. The molecule has 1 saturated heterocycles. The number of aliphatic hydroxyl groups is 1. The Morgan fingerprint density at radius 3 is 2.96 bits per heavy atom. The third kappa shape index (κ3) is 2.96. The van der Waals surface area contributed by atoms with Crippen LogP contribution in [0.15, 0.2) is 12.1 Å². The van der Waals surface area contributed by atoms with Gasteiger partial charge in [-0.3, -0.25) is 4.79 Å². The van der Waals surface area contributed by atoms with E-state index in [2.05, 4.69) is 14.6 Å². The Balaban J connectivity index is 1.92. The minimum absolute atomic E-state index is 0.247. The number of nitrogens with two attached hydrogens (primary N) is 1. The van der Waals surface area contributed by atoms with E-state index in [1.807, 2.05) is 23.7 Å². The number of carbonyl (C=O) groups is 1. The summed E-state index contributed by atoms with van der Waals surface area (Å²) in [4.78, 5) is 18.0. The van der Waals surface area contributed by atoms with Gasteiger partial charge in [-0.2, -0.15) is 0 Å². The minimum Gasteiger partial charge on any atom is -0.469 e. The van der Waals surface area contributed by atoms with Crippen molar-refractivity contribution in [2.24, 2.45) is 7.05 Å². The molecular weight excluding hydrogens is 296 g/mol. The van der Waals surface area contributed by atoms with Crippen LogP contribution in [0.1, 0.15) is 18.7 Å². The molecule has 1 aliphatic rings. The van der Waals surface area contributed by atoms with Gasteiger partial charge < -0.3 is 25.0 Å². The lowest BCUT2D eigenvalue weighted by Crippen LogP contribution is -2.22. The molecule has 7 nitrogen and oxygen atoms in total. The normalized spacial score (nSPS) is 17.9. The Morgan fingerprint density at radius 2 is 2.30 bits per heavy atom. The van der Waals surface area contributed by atoms with Crippen molar-refractivity contribution in [1.29, 1.82) is 0 Å². The van der Waals surface area contributed by atoms with E-state index in [0.717, 1.165) is 35.5 Å². The van der Waals surface area contributed by atoms with Gasteiger partial charge in [-0.05, 0) is 18.6 Å². The van der Waals surface area contributed by atoms with Crippen molar-refractivity contribution >= 4 is 28.4 Å². The molecule has 7 heteroatoms. The van der Waals surface area contributed by atoms with Crippen LogP contribution in [0.2, 0.25) is 0 Å². The molecule has 1 atom stereocenters. The predicted molar refractivity (Wildman–Crippen MR) is 88.3 cm³/mol. The molecule has 0 saturated carbocycles. The maximum Gasteiger partial charge on any atom is 0.305 e. The number of hydrogen-bond donors (Lipinski definition) is 2. The number of aliphatic hydroxyl groups excluding tert-OH is 1. The minimum atomic E-state index is -0.301. The second-order valence-electron chi connectivity index (χ2n) is 5.95. The Hall–Kier alpha value is -2.28. The number of esters is 1. The van der Waals surface area contributed by atoms with Gasteiger partial charge in [-0.15, -0.1) is 0 Å². The molecule has 1 aromatic carbocycles. The second-order valence-corrected chi connectivity index (χ2v) is 5.95. The van der Waals surface area contributed by atoms with Crippen molar-refractivity contribution in [3.8, 4) is 0 Å². The zero-order valence-corrected chi connectivity index (χ0v) is 13.5. The van der Waals surface area contributed by atoms with Gasteiger partial charge in [0.15, 0.2) is 0 Å². The first-order valence-corrected chi connectivity index (χ1v) is 7.74. The lowest BCUT2D eigenvalue weighted by atomic mass is 10.2. The van der Waals surface area contributed by atoms with Crippen molar-refractivity contribution in [2.45, 2.75) is 25.4 Å². The van der Waals surface area contributed by atoms with E-state index in [9.17, 15) is 9.90 Å². The number of ether oxygens (including phenoxy) is 1. The number of aryl methyl sites for hydroxylation is 2. The molecule has 23 heavy (non-hydrogen) atoms. The van der Waals surface area contributed by atoms with Crippen LogP contribution < -0.4 is 10.6 Å².